The van der Waals surface area contributed by atoms with Gasteiger partial charge in [0, 0.05) is 29.7 Å². The molecule has 1 heterocycles. The van der Waals surface area contributed by atoms with Crippen molar-refractivity contribution < 1.29 is 9.59 Å². The van der Waals surface area contributed by atoms with Crippen molar-refractivity contribution in [3.05, 3.63) is 70.7 Å². The summed E-state index contributed by atoms with van der Waals surface area (Å²) in [6.07, 6.45) is 1.49. The fourth-order valence-electron chi connectivity index (χ4n) is 3.27. The number of rotatable bonds is 4. The normalized spacial score (nSPS) is 15.9. The summed E-state index contributed by atoms with van der Waals surface area (Å²) >= 11 is 6.20. The molecule has 0 radical (unpaired) electrons. The Bertz CT molecular complexity index is 789. The van der Waals surface area contributed by atoms with E-state index < -0.39 is 0 Å². The van der Waals surface area contributed by atoms with Gasteiger partial charge in [-0.1, -0.05) is 48.0 Å². The van der Waals surface area contributed by atoms with Crippen LogP contribution in [0.2, 0.25) is 5.02 Å². The molecule has 0 bridgehead atoms. The van der Waals surface area contributed by atoms with E-state index in [1.165, 1.54) is 0 Å². The molecule has 2 aromatic rings. The quantitative estimate of drug-likeness (QED) is 0.835. The minimum Gasteiger partial charge on any atom is -0.349 e. The first-order valence-electron chi connectivity index (χ1n) is 9.20. The van der Waals surface area contributed by atoms with Crippen LogP contribution in [0.3, 0.4) is 0 Å². The van der Waals surface area contributed by atoms with Crippen LogP contribution >= 0.6 is 11.6 Å². The van der Waals surface area contributed by atoms with Gasteiger partial charge in [-0.25, -0.2) is 4.79 Å². The van der Waals surface area contributed by atoms with E-state index in [1.807, 2.05) is 49.4 Å². The fraction of sp³-hybridized carbons (Fsp3) is 0.333. The summed E-state index contributed by atoms with van der Waals surface area (Å²) in [5.74, 6) is -0.0640. The first-order valence-corrected chi connectivity index (χ1v) is 9.58. The maximum atomic E-state index is 12.5. The Kier molecular flexibility index (Phi) is 6.35. The second kappa shape index (κ2) is 8.91. The standard InChI is InChI=1S/C21H24ClN3O2/c1-15(18-9-5-6-10-19(18)22)23-21(27)25-13-11-17(12-14-25)24-20(26)16-7-3-2-4-8-16/h2-10,15,17H,11-14H2,1H3,(H,23,27)(H,24,26). The van der Waals surface area contributed by atoms with E-state index in [0.717, 1.165) is 18.4 Å². The van der Waals surface area contributed by atoms with Crippen LogP contribution in [0.15, 0.2) is 54.6 Å². The minimum absolute atomic E-state index is 0.0640. The van der Waals surface area contributed by atoms with Gasteiger partial charge in [0.1, 0.15) is 0 Å². The van der Waals surface area contributed by atoms with E-state index in [4.69, 9.17) is 11.6 Å². The van der Waals surface area contributed by atoms with Crippen molar-refractivity contribution in [2.45, 2.75) is 31.8 Å². The Morgan fingerprint density at radius 3 is 2.33 bits per heavy atom. The number of amides is 3. The lowest BCUT2D eigenvalue weighted by atomic mass is 10.0. The van der Waals surface area contributed by atoms with Crippen molar-refractivity contribution in [2.75, 3.05) is 13.1 Å². The van der Waals surface area contributed by atoms with Gasteiger partial charge < -0.3 is 15.5 Å². The Balaban J connectivity index is 1.48. The second-order valence-corrected chi connectivity index (χ2v) is 7.20. The zero-order valence-electron chi connectivity index (χ0n) is 15.3. The molecule has 1 aliphatic rings. The van der Waals surface area contributed by atoms with Crippen LogP contribution in [0.5, 0.6) is 0 Å². The van der Waals surface area contributed by atoms with Gasteiger partial charge in [-0.05, 0) is 43.5 Å². The minimum atomic E-state index is -0.165. The molecule has 27 heavy (non-hydrogen) atoms. The summed E-state index contributed by atoms with van der Waals surface area (Å²) in [4.78, 5) is 26.6. The largest absolute Gasteiger partial charge is 0.349 e. The molecule has 1 atom stereocenters. The number of hydrogen-bond donors (Lipinski definition) is 2. The third kappa shape index (κ3) is 5.01. The Morgan fingerprint density at radius 1 is 1.04 bits per heavy atom. The molecule has 142 valence electrons. The lowest BCUT2D eigenvalue weighted by molar-refractivity contribution is 0.0917. The predicted octanol–water partition coefficient (Wildman–Crippen LogP) is 4.01. The van der Waals surface area contributed by atoms with E-state index >= 15 is 0 Å². The molecule has 0 spiro atoms. The highest BCUT2D eigenvalue weighted by Gasteiger charge is 2.25. The number of likely N-dealkylation sites (tertiary alicyclic amines) is 1. The molecular weight excluding hydrogens is 362 g/mol. The number of nitrogens with zero attached hydrogens (tertiary/aromatic N) is 1. The van der Waals surface area contributed by atoms with E-state index in [2.05, 4.69) is 10.6 Å². The Morgan fingerprint density at radius 2 is 1.67 bits per heavy atom. The molecule has 1 saturated heterocycles. The molecule has 5 nitrogen and oxygen atoms in total. The number of urea groups is 1. The molecule has 0 aliphatic carbocycles. The summed E-state index contributed by atoms with van der Waals surface area (Å²) in [7, 11) is 0. The molecule has 1 aliphatic heterocycles. The molecule has 1 fully saturated rings. The molecule has 0 saturated carbocycles. The lowest BCUT2D eigenvalue weighted by Gasteiger charge is -2.33. The van der Waals surface area contributed by atoms with Crippen molar-refractivity contribution in [3.8, 4) is 0 Å². The highest BCUT2D eigenvalue weighted by molar-refractivity contribution is 6.31. The topological polar surface area (TPSA) is 61.4 Å². The van der Waals surface area contributed by atoms with Crippen LogP contribution in [0, 0.1) is 0 Å². The van der Waals surface area contributed by atoms with Crippen LogP contribution < -0.4 is 10.6 Å². The number of carbonyl (C=O) groups is 2. The zero-order chi connectivity index (χ0) is 19.2. The van der Waals surface area contributed by atoms with Crippen molar-refractivity contribution in [1.29, 1.82) is 0 Å². The van der Waals surface area contributed by atoms with Gasteiger partial charge in [0.15, 0.2) is 0 Å². The first-order chi connectivity index (χ1) is 13.0. The van der Waals surface area contributed by atoms with Crippen LogP contribution in [0.1, 0.15) is 41.7 Å². The zero-order valence-corrected chi connectivity index (χ0v) is 16.1. The molecule has 6 heteroatoms. The van der Waals surface area contributed by atoms with Crippen LogP contribution in [-0.4, -0.2) is 36.0 Å². The van der Waals surface area contributed by atoms with E-state index in [1.54, 1.807) is 17.0 Å². The molecule has 0 aromatic heterocycles. The summed E-state index contributed by atoms with van der Waals surface area (Å²) in [6, 6.07) is 16.5. The van der Waals surface area contributed by atoms with Gasteiger partial charge in [-0.3, -0.25) is 4.79 Å². The van der Waals surface area contributed by atoms with Gasteiger partial charge in [0.05, 0.1) is 6.04 Å². The van der Waals surface area contributed by atoms with E-state index in [9.17, 15) is 9.59 Å². The molecule has 2 aromatic carbocycles. The van der Waals surface area contributed by atoms with Gasteiger partial charge in [-0.15, -0.1) is 0 Å². The Labute approximate surface area is 164 Å². The third-order valence-electron chi connectivity index (χ3n) is 4.87. The van der Waals surface area contributed by atoms with Gasteiger partial charge in [0.25, 0.3) is 5.91 Å². The number of halogens is 1. The summed E-state index contributed by atoms with van der Waals surface area (Å²) in [5, 5.41) is 6.70. The summed E-state index contributed by atoms with van der Waals surface area (Å²) in [6.45, 7) is 3.15. The molecule has 3 amide bonds. The molecule has 3 rings (SSSR count). The number of hydrogen-bond acceptors (Lipinski definition) is 2. The second-order valence-electron chi connectivity index (χ2n) is 6.79. The van der Waals surface area contributed by atoms with Crippen molar-refractivity contribution >= 4 is 23.5 Å². The lowest BCUT2D eigenvalue weighted by Crippen LogP contribution is -2.49. The summed E-state index contributed by atoms with van der Waals surface area (Å²) in [5.41, 5.74) is 1.56. The van der Waals surface area contributed by atoms with Crippen LogP contribution in [-0.2, 0) is 0 Å². The number of benzene rings is 2. The Hall–Kier alpha value is -2.53. The monoisotopic (exact) mass is 385 g/mol. The average molecular weight is 386 g/mol. The fourth-order valence-corrected chi connectivity index (χ4v) is 3.57. The van der Waals surface area contributed by atoms with E-state index in [0.29, 0.717) is 23.7 Å². The van der Waals surface area contributed by atoms with Gasteiger partial charge in [-0.2, -0.15) is 0 Å². The SMILES string of the molecule is CC(NC(=O)N1CCC(NC(=O)c2ccccc2)CC1)c1ccccc1Cl. The van der Waals surface area contributed by atoms with Gasteiger partial charge in [0.2, 0.25) is 0 Å². The summed E-state index contributed by atoms with van der Waals surface area (Å²) < 4.78 is 0. The van der Waals surface area contributed by atoms with Crippen molar-refractivity contribution in [2.24, 2.45) is 0 Å². The predicted molar refractivity (Wildman–Crippen MR) is 107 cm³/mol. The number of carbonyl (C=O) groups excluding carboxylic acids is 2. The highest BCUT2D eigenvalue weighted by atomic mass is 35.5. The average Bonchev–Trinajstić information content (AvgIpc) is 2.69. The highest BCUT2D eigenvalue weighted by Crippen LogP contribution is 2.22. The smallest absolute Gasteiger partial charge is 0.317 e. The van der Waals surface area contributed by atoms with Crippen molar-refractivity contribution in [1.82, 2.24) is 15.5 Å². The van der Waals surface area contributed by atoms with Crippen molar-refractivity contribution in [3.63, 3.8) is 0 Å². The number of nitrogens with one attached hydrogen (secondary N) is 2. The molecule has 2 N–H and O–H groups in total. The first kappa shape index (κ1) is 19.2. The van der Waals surface area contributed by atoms with Crippen LogP contribution in [0.25, 0.3) is 0 Å². The maximum absolute atomic E-state index is 12.5. The van der Waals surface area contributed by atoms with E-state index in [-0.39, 0.29) is 24.0 Å². The third-order valence-corrected chi connectivity index (χ3v) is 5.21. The number of piperidine rings is 1. The van der Waals surface area contributed by atoms with Crippen LogP contribution in [0.4, 0.5) is 4.79 Å². The van der Waals surface area contributed by atoms with Gasteiger partial charge >= 0.3 is 6.03 Å². The maximum Gasteiger partial charge on any atom is 0.317 e. The molecular formula is C21H24ClN3O2. The molecule has 1 unspecified atom stereocenters.